The Hall–Kier alpha value is 0.430. The van der Waals surface area contributed by atoms with Crippen LogP contribution in [0, 0.1) is 35.0 Å². The molecular weight excluding hydrogens is 271 g/mol. The maximum absolute atomic E-state index is 2.73. The highest BCUT2D eigenvalue weighted by Gasteiger charge is 2.59. The van der Waals surface area contributed by atoms with Crippen LogP contribution < -0.4 is 0 Å². The third kappa shape index (κ3) is 2.10. The summed E-state index contributed by atoms with van der Waals surface area (Å²) in [4.78, 5) is 0. The van der Waals surface area contributed by atoms with E-state index in [9.17, 15) is 0 Å². The molecular formula is C20H35P. The van der Waals surface area contributed by atoms with Gasteiger partial charge in [0, 0.05) is 0 Å². The average Bonchev–Trinajstić information content (AvgIpc) is 2.87. The summed E-state index contributed by atoms with van der Waals surface area (Å²) >= 11 is 0. The first-order chi connectivity index (χ1) is 10.1. The Bertz CT molecular complexity index is 405. The van der Waals surface area contributed by atoms with E-state index >= 15 is 0 Å². The highest BCUT2D eigenvalue weighted by molar-refractivity contribution is 7.40. The molecule has 4 aliphatic rings. The lowest BCUT2D eigenvalue weighted by molar-refractivity contribution is -0.111. The summed E-state index contributed by atoms with van der Waals surface area (Å²) in [6, 6.07) is 0. The van der Waals surface area contributed by atoms with Gasteiger partial charge in [-0.25, -0.2) is 0 Å². The van der Waals surface area contributed by atoms with E-state index in [0.29, 0.717) is 0 Å². The number of hydrogen-bond donors (Lipinski definition) is 0. The quantitative estimate of drug-likeness (QED) is 0.514. The van der Waals surface area contributed by atoms with Crippen LogP contribution in [0.5, 0.6) is 0 Å². The lowest BCUT2D eigenvalue weighted by Gasteiger charge is -2.62. The molecule has 0 amide bonds. The standard InChI is InChI=1S/C20H35P/c1-4-14-13-15-17(19(2)10-6-5-7-16(14)19)8-11-20(3)18(15)9-12-21-20/h14-18,21H,4-13H2,1-3H3/t14-,15?,16?,17-,18?,19?,20?/m0/s1. The molecule has 3 saturated carbocycles. The van der Waals surface area contributed by atoms with E-state index < -0.39 is 0 Å². The van der Waals surface area contributed by atoms with Gasteiger partial charge in [0.15, 0.2) is 0 Å². The van der Waals surface area contributed by atoms with Crippen LogP contribution in [0.4, 0.5) is 0 Å². The molecule has 0 N–H and O–H groups in total. The molecule has 1 heteroatoms. The first-order valence-corrected chi connectivity index (χ1v) is 11.0. The minimum Gasteiger partial charge on any atom is -0.116 e. The fourth-order valence-corrected chi connectivity index (χ4v) is 9.57. The van der Waals surface area contributed by atoms with Crippen LogP contribution in [0.1, 0.15) is 78.6 Å². The van der Waals surface area contributed by atoms with Crippen molar-refractivity contribution >= 4 is 8.58 Å². The summed E-state index contributed by atoms with van der Waals surface area (Å²) in [5.74, 6) is 5.42. The van der Waals surface area contributed by atoms with Crippen LogP contribution in [-0.2, 0) is 0 Å². The molecule has 1 heterocycles. The fourth-order valence-electron chi connectivity index (χ4n) is 7.61. The van der Waals surface area contributed by atoms with Crippen LogP contribution in [0.3, 0.4) is 0 Å². The molecule has 6 unspecified atom stereocenters. The summed E-state index contributed by atoms with van der Waals surface area (Å²) in [6.45, 7) is 7.88. The summed E-state index contributed by atoms with van der Waals surface area (Å²) in [6.07, 6.45) is 15.5. The number of hydrogen-bond acceptors (Lipinski definition) is 0. The predicted octanol–water partition coefficient (Wildman–Crippen LogP) is 6.10. The van der Waals surface area contributed by atoms with Crippen LogP contribution in [0.25, 0.3) is 0 Å². The Morgan fingerprint density at radius 3 is 2.62 bits per heavy atom. The molecule has 3 aliphatic carbocycles. The van der Waals surface area contributed by atoms with E-state index in [1.54, 1.807) is 44.7 Å². The first kappa shape index (κ1) is 15.0. The van der Waals surface area contributed by atoms with Crippen molar-refractivity contribution in [3.63, 3.8) is 0 Å². The molecule has 0 radical (unpaired) electrons. The molecule has 4 fully saturated rings. The topological polar surface area (TPSA) is 0 Å². The van der Waals surface area contributed by atoms with Crippen LogP contribution in [0.2, 0.25) is 0 Å². The van der Waals surface area contributed by atoms with E-state index in [-0.39, 0.29) is 0 Å². The Morgan fingerprint density at radius 1 is 0.952 bits per heavy atom. The van der Waals surface area contributed by atoms with Crippen molar-refractivity contribution in [3.05, 3.63) is 0 Å². The zero-order valence-electron chi connectivity index (χ0n) is 14.5. The molecule has 0 bridgehead atoms. The third-order valence-electron chi connectivity index (χ3n) is 8.65. The lowest BCUT2D eigenvalue weighted by atomic mass is 9.44. The van der Waals surface area contributed by atoms with E-state index in [0.717, 1.165) is 40.2 Å². The second-order valence-electron chi connectivity index (χ2n) is 9.31. The van der Waals surface area contributed by atoms with Crippen molar-refractivity contribution < 1.29 is 0 Å². The Balaban J connectivity index is 1.68. The normalized spacial score (nSPS) is 57.6. The van der Waals surface area contributed by atoms with Crippen LogP contribution in [0.15, 0.2) is 0 Å². The molecule has 0 aromatic rings. The van der Waals surface area contributed by atoms with E-state index in [4.69, 9.17) is 0 Å². The largest absolute Gasteiger partial charge is 0.116 e. The second-order valence-corrected chi connectivity index (χ2v) is 11.3. The number of rotatable bonds is 1. The van der Waals surface area contributed by atoms with Crippen LogP contribution in [-0.4, -0.2) is 11.3 Å². The van der Waals surface area contributed by atoms with Gasteiger partial charge in [-0.3, -0.25) is 0 Å². The number of fused-ring (bicyclic) bond motifs is 5. The van der Waals surface area contributed by atoms with E-state index in [1.165, 1.54) is 27.8 Å². The molecule has 120 valence electrons. The maximum atomic E-state index is 2.73. The predicted molar refractivity (Wildman–Crippen MR) is 94.4 cm³/mol. The van der Waals surface area contributed by atoms with Gasteiger partial charge in [-0.1, -0.05) is 40.0 Å². The Labute approximate surface area is 134 Å². The van der Waals surface area contributed by atoms with Crippen molar-refractivity contribution in [3.8, 4) is 0 Å². The van der Waals surface area contributed by atoms with Gasteiger partial charge in [0.1, 0.15) is 0 Å². The Kier molecular flexibility index (Phi) is 3.73. The zero-order chi connectivity index (χ0) is 14.7. The second kappa shape index (κ2) is 5.22. The van der Waals surface area contributed by atoms with Gasteiger partial charge in [-0.05, 0) is 84.8 Å². The van der Waals surface area contributed by atoms with Crippen molar-refractivity contribution in [1.29, 1.82) is 0 Å². The summed E-state index contributed by atoms with van der Waals surface area (Å²) in [5.41, 5.74) is 0.717. The molecule has 1 aliphatic heterocycles. The van der Waals surface area contributed by atoms with Gasteiger partial charge in [0.2, 0.25) is 0 Å². The minimum absolute atomic E-state index is 0.717. The molecule has 21 heavy (non-hydrogen) atoms. The zero-order valence-corrected chi connectivity index (χ0v) is 15.5. The van der Waals surface area contributed by atoms with E-state index in [2.05, 4.69) is 20.8 Å². The smallest absolute Gasteiger partial charge is 0.0119 e. The molecule has 0 aromatic carbocycles. The monoisotopic (exact) mass is 306 g/mol. The van der Waals surface area contributed by atoms with Crippen molar-refractivity contribution in [2.45, 2.75) is 83.7 Å². The molecule has 1 saturated heterocycles. The van der Waals surface area contributed by atoms with Gasteiger partial charge in [0.25, 0.3) is 0 Å². The van der Waals surface area contributed by atoms with E-state index in [1.807, 2.05) is 0 Å². The molecule has 0 nitrogen and oxygen atoms in total. The molecule has 4 rings (SSSR count). The summed E-state index contributed by atoms with van der Waals surface area (Å²) in [7, 11) is 1.28. The van der Waals surface area contributed by atoms with Crippen molar-refractivity contribution in [2.75, 3.05) is 6.16 Å². The minimum atomic E-state index is 0.717. The van der Waals surface area contributed by atoms with Crippen molar-refractivity contribution in [1.82, 2.24) is 0 Å². The molecule has 0 spiro atoms. The third-order valence-corrected chi connectivity index (χ3v) is 10.6. The lowest BCUT2D eigenvalue weighted by Crippen LogP contribution is -2.55. The van der Waals surface area contributed by atoms with Gasteiger partial charge in [-0.15, -0.1) is 8.58 Å². The summed E-state index contributed by atoms with van der Waals surface area (Å²) < 4.78 is 0. The van der Waals surface area contributed by atoms with Gasteiger partial charge in [-0.2, -0.15) is 0 Å². The van der Waals surface area contributed by atoms with Gasteiger partial charge in [0.05, 0.1) is 0 Å². The highest BCUT2D eigenvalue weighted by Crippen LogP contribution is 2.68. The van der Waals surface area contributed by atoms with Gasteiger partial charge < -0.3 is 0 Å². The molecule has 0 aromatic heterocycles. The van der Waals surface area contributed by atoms with Crippen LogP contribution >= 0.6 is 8.58 Å². The summed E-state index contributed by atoms with van der Waals surface area (Å²) in [5, 5.41) is 0.761. The highest BCUT2D eigenvalue weighted by atomic mass is 31.1. The maximum Gasteiger partial charge on any atom is -0.0119 e. The van der Waals surface area contributed by atoms with Crippen molar-refractivity contribution in [2.24, 2.45) is 35.0 Å². The molecule has 8 atom stereocenters. The average molecular weight is 306 g/mol. The Morgan fingerprint density at radius 2 is 1.81 bits per heavy atom. The fraction of sp³-hybridized carbons (Fsp3) is 1.00. The van der Waals surface area contributed by atoms with Gasteiger partial charge >= 0.3 is 0 Å². The first-order valence-electron chi connectivity index (χ1n) is 9.83. The SMILES string of the molecule is CC[C@H]1CC2C3CCPC3(C)CC[C@@H]2C2(C)CCCCC12.